The van der Waals surface area contributed by atoms with Crippen molar-refractivity contribution in [2.45, 2.75) is 19.9 Å². The Labute approximate surface area is 127 Å². The second kappa shape index (κ2) is 6.49. The van der Waals surface area contributed by atoms with E-state index >= 15 is 0 Å². The molecule has 0 saturated carbocycles. The minimum absolute atomic E-state index is 0.669. The van der Waals surface area contributed by atoms with E-state index in [1.165, 1.54) is 4.88 Å². The van der Waals surface area contributed by atoms with Gasteiger partial charge in [-0.15, -0.1) is 11.3 Å². The van der Waals surface area contributed by atoms with Crippen molar-refractivity contribution in [2.75, 3.05) is 17.2 Å². The Balaban J connectivity index is 1.90. The third kappa shape index (κ3) is 3.28. The van der Waals surface area contributed by atoms with E-state index in [4.69, 9.17) is 0 Å². The molecule has 0 amide bonds. The Bertz CT molecular complexity index is 711. The number of aromatic nitrogens is 3. The summed E-state index contributed by atoms with van der Waals surface area (Å²) in [6.07, 6.45) is 2.91. The van der Waals surface area contributed by atoms with Gasteiger partial charge in [0.15, 0.2) is 0 Å². The highest BCUT2D eigenvalue weighted by Gasteiger charge is 2.07. The molecule has 21 heavy (non-hydrogen) atoms. The van der Waals surface area contributed by atoms with Crippen LogP contribution in [0.4, 0.5) is 11.8 Å². The molecule has 108 valence electrons. The van der Waals surface area contributed by atoms with Gasteiger partial charge in [0, 0.05) is 23.0 Å². The van der Waals surface area contributed by atoms with Crippen molar-refractivity contribution in [3.8, 4) is 0 Å². The van der Waals surface area contributed by atoms with Crippen LogP contribution < -0.4 is 10.6 Å². The molecule has 0 aliphatic rings. The van der Waals surface area contributed by atoms with Gasteiger partial charge < -0.3 is 10.6 Å². The zero-order valence-electron chi connectivity index (χ0n) is 11.8. The third-order valence-corrected chi connectivity index (χ3v) is 3.83. The summed E-state index contributed by atoms with van der Waals surface area (Å²) in [5.41, 5.74) is 2.78. The van der Waals surface area contributed by atoms with Gasteiger partial charge in [-0.2, -0.15) is 4.98 Å². The molecular weight excluding hydrogens is 282 g/mol. The largest absolute Gasteiger partial charge is 0.364 e. The first-order valence-corrected chi connectivity index (χ1v) is 7.86. The number of nitrogens with one attached hydrogen (secondary N) is 2. The maximum absolute atomic E-state index is 4.59. The molecule has 2 aromatic heterocycles. The molecule has 0 fully saturated rings. The number of thiazole rings is 1. The van der Waals surface area contributed by atoms with E-state index in [1.807, 2.05) is 36.0 Å². The lowest BCUT2D eigenvalue weighted by Crippen LogP contribution is -2.08. The van der Waals surface area contributed by atoms with Gasteiger partial charge in [-0.05, 0) is 18.6 Å². The van der Waals surface area contributed by atoms with Crippen LogP contribution in [0.25, 0.3) is 10.9 Å². The van der Waals surface area contributed by atoms with Gasteiger partial charge in [-0.3, -0.25) is 4.98 Å². The minimum Gasteiger partial charge on any atom is -0.364 e. The topological polar surface area (TPSA) is 62.7 Å². The first-order chi connectivity index (χ1) is 10.4. The maximum atomic E-state index is 4.59. The summed E-state index contributed by atoms with van der Waals surface area (Å²) in [4.78, 5) is 14.4. The number of hydrogen-bond acceptors (Lipinski definition) is 6. The fourth-order valence-electron chi connectivity index (χ4n) is 2.03. The average molecular weight is 299 g/mol. The Morgan fingerprint density at radius 2 is 2.05 bits per heavy atom. The fourth-order valence-corrected chi connectivity index (χ4v) is 2.56. The molecule has 0 bridgehead atoms. The molecule has 1 aromatic carbocycles. The van der Waals surface area contributed by atoms with E-state index in [0.29, 0.717) is 5.95 Å². The smallest absolute Gasteiger partial charge is 0.225 e. The van der Waals surface area contributed by atoms with Gasteiger partial charge >= 0.3 is 0 Å². The SMILES string of the molecule is CCCNc1nc(NCc2cncs2)c2ccccc2n1. The average Bonchev–Trinajstić information content (AvgIpc) is 3.04. The first-order valence-electron chi connectivity index (χ1n) is 6.98. The van der Waals surface area contributed by atoms with E-state index in [9.17, 15) is 0 Å². The van der Waals surface area contributed by atoms with Crippen LogP contribution in [0.3, 0.4) is 0 Å². The lowest BCUT2D eigenvalue weighted by atomic mass is 10.2. The first kappa shape index (κ1) is 13.8. The van der Waals surface area contributed by atoms with Crippen LogP contribution in [-0.2, 0) is 6.54 Å². The molecule has 0 unspecified atom stereocenters. The summed E-state index contributed by atoms with van der Waals surface area (Å²) in [6, 6.07) is 8.04. The number of nitrogens with zero attached hydrogens (tertiary/aromatic N) is 3. The van der Waals surface area contributed by atoms with Crippen molar-refractivity contribution < 1.29 is 0 Å². The van der Waals surface area contributed by atoms with Crippen LogP contribution in [-0.4, -0.2) is 21.5 Å². The Hall–Kier alpha value is -2.21. The van der Waals surface area contributed by atoms with Gasteiger partial charge in [-0.25, -0.2) is 4.98 Å². The van der Waals surface area contributed by atoms with Crippen molar-refractivity contribution in [3.05, 3.63) is 40.8 Å². The molecule has 3 aromatic rings. The standard InChI is InChI=1S/C15H17N5S/c1-2-7-17-15-19-13-6-4-3-5-12(13)14(20-15)18-9-11-8-16-10-21-11/h3-6,8,10H,2,7,9H2,1H3,(H2,17,18,19,20). The van der Waals surface area contributed by atoms with Crippen molar-refractivity contribution in [1.82, 2.24) is 15.0 Å². The van der Waals surface area contributed by atoms with Gasteiger partial charge in [0.25, 0.3) is 0 Å². The summed E-state index contributed by atoms with van der Waals surface area (Å²) < 4.78 is 0. The van der Waals surface area contributed by atoms with Crippen LogP contribution in [0.1, 0.15) is 18.2 Å². The number of fused-ring (bicyclic) bond motifs is 1. The molecule has 2 heterocycles. The molecule has 6 heteroatoms. The highest BCUT2D eigenvalue weighted by molar-refractivity contribution is 7.09. The number of hydrogen-bond donors (Lipinski definition) is 2. The Morgan fingerprint density at radius 1 is 1.14 bits per heavy atom. The summed E-state index contributed by atoms with van der Waals surface area (Å²) in [5, 5.41) is 7.67. The third-order valence-electron chi connectivity index (χ3n) is 3.05. The lowest BCUT2D eigenvalue weighted by Gasteiger charge is -2.10. The fraction of sp³-hybridized carbons (Fsp3) is 0.267. The maximum Gasteiger partial charge on any atom is 0.225 e. The van der Waals surface area contributed by atoms with Crippen LogP contribution in [0.2, 0.25) is 0 Å². The van der Waals surface area contributed by atoms with E-state index in [-0.39, 0.29) is 0 Å². The number of benzene rings is 1. The van der Waals surface area contributed by atoms with Crippen LogP contribution in [0.15, 0.2) is 36.0 Å². The number of anilines is 2. The summed E-state index contributed by atoms with van der Waals surface area (Å²) in [7, 11) is 0. The van der Waals surface area contributed by atoms with Crippen LogP contribution in [0, 0.1) is 0 Å². The summed E-state index contributed by atoms with van der Waals surface area (Å²) in [5.74, 6) is 1.52. The number of rotatable bonds is 6. The van der Waals surface area contributed by atoms with Crippen molar-refractivity contribution in [3.63, 3.8) is 0 Å². The summed E-state index contributed by atoms with van der Waals surface area (Å²) in [6.45, 7) is 3.71. The second-order valence-electron chi connectivity index (χ2n) is 4.66. The van der Waals surface area contributed by atoms with E-state index < -0.39 is 0 Å². The molecule has 0 aliphatic heterocycles. The quantitative estimate of drug-likeness (QED) is 0.729. The molecule has 0 atom stereocenters. The molecule has 0 spiro atoms. The lowest BCUT2D eigenvalue weighted by molar-refractivity contribution is 0.956. The zero-order chi connectivity index (χ0) is 14.5. The van der Waals surface area contributed by atoms with Crippen LogP contribution >= 0.6 is 11.3 Å². The van der Waals surface area contributed by atoms with E-state index in [2.05, 4.69) is 32.5 Å². The van der Waals surface area contributed by atoms with E-state index in [0.717, 1.165) is 36.2 Å². The van der Waals surface area contributed by atoms with Crippen molar-refractivity contribution >= 4 is 34.0 Å². The molecule has 2 N–H and O–H groups in total. The Morgan fingerprint density at radius 3 is 2.86 bits per heavy atom. The predicted molar refractivity (Wildman–Crippen MR) is 87.8 cm³/mol. The van der Waals surface area contributed by atoms with Gasteiger partial charge in [-0.1, -0.05) is 19.1 Å². The monoisotopic (exact) mass is 299 g/mol. The summed E-state index contributed by atoms with van der Waals surface area (Å²) >= 11 is 1.63. The molecule has 0 saturated heterocycles. The molecule has 5 nitrogen and oxygen atoms in total. The van der Waals surface area contributed by atoms with Crippen LogP contribution in [0.5, 0.6) is 0 Å². The highest BCUT2D eigenvalue weighted by Crippen LogP contribution is 2.22. The van der Waals surface area contributed by atoms with Gasteiger partial charge in [0.2, 0.25) is 5.95 Å². The van der Waals surface area contributed by atoms with E-state index in [1.54, 1.807) is 11.3 Å². The number of para-hydroxylation sites is 1. The second-order valence-corrected chi connectivity index (χ2v) is 5.63. The Kier molecular flexibility index (Phi) is 4.25. The molecule has 0 aliphatic carbocycles. The van der Waals surface area contributed by atoms with Gasteiger partial charge in [0.1, 0.15) is 5.82 Å². The predicted octanol–water partition coefficient (Wildman–Crippen LogP) is 3.52. The van der Waals surface area contributed by atoms with Gasteiger partial charge in [0.05, 0.1) is 17.6 Å². The highest BCUT2D eigenvalue weighted by atomic mass is 32.1. The molecule has 0 radical (unpaired) electrons. The van der Waals surface area contributed by atoms with Crippen molar-refractivity contribution in [2.24, 2.45) is 0 Å². The minimum atomic E-state index is 0.669. The zero-order valence-corrected chi connectivity index (χ0v) is 12.7. The normalized spacial score (nSPS) is 10.7. The molecular formula is C15H17N5S. The molecule has 3 rings (SSSR count). The van der Waals surface area contributed by atoms with Crippen molar-refractivity contribution in [1.29, 1.82) is 0 Å².